The first-order chi connectivity index (χ1) is 8.50. The fraction of sp³-hybridized carbons (Fsp3) is 0.667. The predicted molar refractivity (Wildman–Crippen MR) is 82.5 cm³/mol. The van der Waals surface area contributed by atoms with E-state index < -0.39 is 0 Å². The molecule has 18 heavy (non-hydrogen) atoms. The molecule has 1 fully saturated rings. The lowest BCUT2D eigenvalue weighted by molar-refractivity contribution is 0.586. The van der Waals surface area contributed by atoms with Gasteiger partial charge in [-0.05, 0) is 49.9 Å². The van der Waals surface area contributed by atoms with Crippen LogP contribution in [0, 0.1) is 23.7 Å². The molecule has 0 aromatic carbocycles. The Morgan fingerprint density at radius 1 is 1.17 bits per heavy atom. The highest BCUT2D eigenvalue weighted by Crippen LogP contribution is 2.44. The summed E-state index contributed by atoms with van der Waals surface area (Å²) in [6.07, 6.45) is 15.4. The van der Waals surface area contributed by atoms with Crippen molar-refractivity contribution >= 4 is 0 Å². The molecule has 0 amide bonds. The van der Waals surface area contributed by atoms with Crippen molar-refractivity contribution in [3.8, 4) is 0 Å². The van der Waals surface area contributed by atoms with E-state index in [1.165, 1.54) is 18.4 Å². The minimum absolute atomic E-state index is 0.677. The van der Waals surface area contributed by atoms with Crippen molar-refractivity contribution in [3.05, 3.63) is 36.0 Å². The molecule has 1 aliphatic carbocycles. The Morgan fingerprint density at radius 3 is 2.39 bits per heavy atom. The van der Waals surface area contributed by atoms with Gasteiger partial charge in [0.1, 0.15) is 0 Å². The zero-order chi connectivity index (χ0) is 13.5. The van der Waals surface area contributed by atoms with Crippen LogP contribution in [0.1, 0.15) is 53.9 Å². The molecular formula is C18H30. The highest BCUT2D eigenvalue weighted by molar-refractivity contribution is 5.17. The molecule has 1 saturated carbocycles. The average molecular weight is 246 g/mol. The third kappa shape index (κ3) is 6.23. The minimum atomic E-state index is 0.677. The Kier molecular flexibility index (Phi) is 6.46. The van der Waals surface area contributed by atoms with E-state index in [2.05, 4.69) is 65.0 Å². The SMILES string of the molecule is CC(C=CC(C)C1CC1C)=CCCC=CC(C)C. The van der Waals surface area contributed by atoms with E-state index in [1.807, 2.05) is 0 Å². The van der Waals surface area contributed by atoms with Crippen molar-refractivity contribution in [2.75, 3.05) is 0 Å². The van der Waals surface area contributed by atoms with Crippen LogP contribution in [0.4, 0.5) is 0 Å². The molecule has 0 aromatic heterocycles. The predicted octanol–water partition coefficient (Wildman–Crippen LogP) is 5.77. The topological polar surface area (TPSA) is 0 Å². The lowest BCUT2D eigenvalue weighted by atomic mass is 10.0. The lowest BCUT2D eigenvalue weighted by Gasteiger charge is -2.03. The summed E-state index contributed by atoms with van der Waals surface area (Å²) in [7, 11) is 0. The maximum absolute atomic E-state index is 2.39. The number of unbranched alkanes of at least 4 members (excludes halogenated alkanes) is 1. The maximum atomic E-state index is 2.39. The highest BCUT2D eigenvalue weighted by Gasteiger charge is 2.35. The van der Waals surface area contributed by atoms with E-state index in [9.17, 15) is 0 Å². The summed E-state index contributed by atoms with van der Waals surface area (Å²) >= 11 is 0. The van der Waals surface area contributed by atoms with Crippen molar-refractivity contribution < 1.29 is 0 Å². The molecule has 0 aliphatic heterocycles. The van der Waals surface area contributed by atoms with Crippen LogP contribution in [0.5, 0.6) is 0 Å². The Balaban J connectivity index is 2.22. The highest BCUT2D eigenvalue weighted by atomic mass is 14.4. The minimum Gasteiger partial charge on any atom is -0.0880 e. The summed E-state index contributed by atoms with van der Waals surface area (Å²) in [5.41, 5.74) is 1.41. The van der Waals surface area contributed by atoms with Gasteiger partial charge in [0.25, 0.3) is 0 Å². The van der Waals surface area contributed by atoms with Gasteiger partial charge in [0.2, 0.25) is 0 Å². The van der Waals surface area contributed by atoms with Gasteiger partial charge in [-0.2, -0.15) is 0 Å². The van der Waals surface area contributed by atoms with Crippen LogP contribution in [-0.4, -0.2) is 0 Å². The summed E-state index contributed by atoms with van der Waals surface area (Å²) in [4.78, 5) is 0. The van der Waals surface area contributed by atoms with Crippen LogP contribution in [0.3, 0.4) is 0 Å². The van der Waals surface area contributed by atoms with Crippen LogP contribution in [0.2, 0.25) is 0 Å². The van der Waals surface area contributed by atoms with Gasteiger partial charge in [-0.3, -0.25) is 0 Å². The third-order valence-corrected chi connectivity index (χ3v) is 3.83. The van der Waals surface area contributed by atoms with E-state index >= 15 is 0 Å². The Labute approximate surface area is 114 Å². The number of allylic oxidation sites excluding steroid dienone is 6. The molecule has 3 unspecified atom stereocenters. The molecule has 3 atom stereocenters. The van der Waals surface area contributed by atoms with E-state index in [0.717, 1.165) is 24.2 Å². The first-order valence-corrected chi connectivity index (χ1v) is 7.52. The Hall–Kier alpha value is -0.780. The molecule has 1 rings (SSSR count). The number of rotatable bonds is 7. The summed E-state index contributed by atoms with van der Waals surface area (Å²) < 4.78 is 0. The van der Waals surface area contributed by atoms with Crippen molar-refractivity contribution in [1.82, 2.24) is 0 Å². The molecular weight excluding hydrogens is 216 g/mol. The van der Waals surface area contributed by atoms with Crippen LogP contribution in [0.15, 0.2) is 36.0 Å². The van der Waals surface area contributed by atoms with Crippen molar-refractivity contribution in [2.45, 2.75) is 53.9 Å². The van der Waals surface area contributed by atoms with Crippen LogP contribution >= 0.6 is 0 Å². The average Bonchev–Trinajstić information content (AvgIpc) is 3.02. The smallest absolute Gasteiger partial charge is 0.0228 e. The fourth-order valence-corrected chi connectivity index (χ4v) is 2.37. The van der Waals surface area contributed by atoms with Gasteiger partial charge in [-0.25, -0.2) is 0 Å². The van der Waals surface area contributed by atoms with Crippen LogP contribution in [-0.2, 0) is 0 Å². The summed E-state index contributed by atoms with van der Waals surface area (Å²) in [5.74, 6) is 3.33. The van der Waals surface area contributed by atoms with Gasteiger partial charge in [-0.1, -0.05) is 63.6 Å². The molecule has 0 spiro atoms. The van der Waals surface area contributed by atoms with Gasteiger partial charge in [0.15, 0.2) is 0 Å². The summed E-state index contributed by atoms with van der Waals surface area (Å²) in [5, 5.41) is 0. The second kappa shape index (κ2) is 7.61. The van der Waals surface area contributed by atoms with Crippen LogP contribution < -0.4 is 0 Å². The van der Waals surface area contributed by atoms with E-state index in [1.54, 1.807) is 0 Å². The lowest BCUT2D eigenvalue weighted by Crippen LogP contribution is -1.93. The van der Waals surface area contributed by atoms with E-state index in [0.29, 0.717) is 5.92 Å². The molecule has 0 bridgehead atoms. The van der Waals surface area contributed by atoms with Gasteiger partial charge >= 0.3 is 0 Å². The molecule has 0 aromatic rings. The zero-order valence-corrected chi connectivity index (χ0v) is 12.8. The Bertz CT molecular complexity index is 317. The maximum Gasteiger partial charge on any atom is -0.0228 e. The first kappa shape index (κ1) is 15.3. The molecule has 0 saturated heterocycles. The standard InChI is InChI=1S/C18H30/c1-14(2)9-7-6-8-10-15(3)11-12-16(4)18-13-17(18)5/h7,9-12,14,16-18H,6,8,13H2,1-5H3. The van der Waals surface area contributed by atoms with Crippen molar-refractivity contribution in [2.24, 2.45) is 23.7 Å². The fourth-order valence-electron chi connectivity index (χ4n) is 2.37. The van der Waals surface area contributed by atoms with Gasteiger partial charge in [0, 0.05) is 0 Å². The van der Waals surface area contributed by atoms with E-state index in [-0.39, 0.29) is 0 Å². The van der Waals surface area contributed by atoms with Gasteiger partial charge in [0.05, 0.1) is 0 Å². The Morgan fingerprint density at radius 2 is 1.83 bits per heavy atom. The van der Waals surface area contributed by atoms with Crippen molar-refractivity contribution in [1.29, 1.82) is 0 Å². The number of hydrogen-bond acceptors (Lipinski definition) is 0. The zero-order valence-electron chi connectivity index (χ0n) is 12.8. The van der Waals surface area contributed by atoms with Crippen molar-refractivity contribution in [3.63, 3.8) is 0 Å². The second-order valence-electron chi connectivity index (χ2n) is 6.29. The molecule has 0 radical (unpaired) electrons. The van der Waals surface area contributed by atoms with Gasteiger partial charge < -0.3 is 0 Å². The third-order valence-electron chi connectivity index (χ3n) is 3.83. The van der Waals surface area contributed by atoms with E-state index in [4.69, 9.17) is 0 Å². The first-order valence-electron chi connectivity index (χ1n) is 7.52. The largest absolute Gasteiger partial charge is 0.0880 e. The quantitative estimate of drug-likeness (QED) is 0.304. The summed E-state index contributed by atoms with van der Waals surface area (Å²) in [6, 6.07) is 0. The second-order valence-corrected chi connectivity index (χ2v) is 6.29. The van der Waals surface area contributed by atoms with Gasteiger partial charge in [-0.15, -0.1) is 0 Å². The molecule has 0 N–H and O–H groups in total. The molecule has 0 heteroatoms. The monoisotopic (exact) mass is 246 g/mol. The number of hydrogen-bond donors (Lipinski definition) is 0. The summed E-state index contributed by atoms with van der Waals surface area (Å²) in [6.45, 7) is 11.4. The molecule has 102 valence electrons. The molecule has 1 aliphatic rings. The normalized spacial score (nSPS) is 26.4. The molecule has 0 nitrogen and oxygen atoms in total. The molecule has 0 heterocycles. The van der Waals surface area contributed by atoms with Crippen LogP contribution in [0.25, 0.3) is 0 Å².